The third-order valence-electron chi connectivity index (χ3n) is 4.49. The lowest BCUT2D eigenvalue weighted by Gasteiger charge is -2.27. The van der Waals surface area contributed by atoms with Crippen LogP contribution in [-0.4, -0.2) is 18.1 Å². The molecule has 1 aliphatic rings. The Labute approximate surface area is 145 Å². The summed E-state index contributed by atoms with van der Waals surface area (Å²) in [6.45, 7) is 4.00. The number of H-pyrrole nitrogens is 1. The summed E-state index contributed by atoms with van der Waals surface area (Å²) in [6, 6.07) is 13.8. The Hall–Kier alpha value is -1.52. The van der Waals surface area contributed by atoms with Crippen molar-refractivity contribution in [3.8, 4) is 11.3 Å². The van der Waals surface area contributed by atoms with Gasteiger partial charge in [-0.1, -0.05) is 41.4 Å². The zero-order valence-corrected chi connectivity index (χ0v) is 14.2. The topological polar surface area (TPSA) is 39.9 Å². The molecule has 0 bridgehead atoms. The Morgan fingerprint density at radius 3 is 2.48 bits per heavy atom. The molecule has 0 radical (unpaired) electrons. The maximum atomic E-state index is 6.45. The summed E-state index contributed by atoms with van der Waals surface area (Å²) in [6.07, 6.45) is 0. The standard InChI is InChI=1S/C18H17Cl2N3/c1-18(21-8-9-22-18)16-13-10-11(19)6-7-15(13)23-17(16)12-4-2-3-5-14(12)20/h2-7,10,21-23H,8-9H2,1H3. The number of aromatic nitrogens is 1. The van der Waals surface area contributed by atoms with Gasteiger partial charge in [-0.2, -0.15) is 0 Å². The number of fused-ring (bicyclic) bond motifs is 1. The van der Waals surface area contributed by atoms with Crippen LogP contribution in [-0.2, 0) is 5.66 Å². The summed E-state index contributed by atoms with van der Waals surface area (Å²) in [7, 11) is 0. The fourth-order valence-electron chi connectivity index (χ4n) is 3.41. The molecule has 1 aromatic heterocycles. The van der Waals surface area contributed by atoms with Crippen molar-refractivity contribution in [1.29, 1.82) is 0 Å². The van der Waals surface area contributed by atoms with E-state index in [1.54, 1.807) is 0 Å². The molecule has 2 aromatic carbocycles. The minimum Gasteiger partial charge on any atom is -0.354 e. The van der Waals surface area contributed by atoms with E-state index in [-0.39, 0.29) is 5.66 Å². The van der Waals surface area contributed by atoms with Crippen LogP contribution in [0, 0.1) is 0 Å². The van der Waals surface area contributed by atoms with Crippen molar-refractivity contribution in [3.05, 3.63) is 58.1 Å². The van der Waals surface area contributed by atoms with Gasteiger partial charge in [0.1, 0.15) is 0 Å². The normalized spacial score (nSPS) is 17.0. The first-order chi connectivity index (χ1) is 11.1. The van der Waals surface area contributed by atoms with Gasteiger partial charge in [0.15, 0.2) is 0 Å². The van der Waals surface area contributed by atoms with Gasteiger partial charge < -0.3 is 4.98 Å². The van der Waals surface area contributed by atoms with Crippen molar-refractivity contribution in [2.24, 2.45) is 0 Å². The number of benzene rings is 2. The van der Waals surface area contributed by atoms with Crippen molar-refractivity contribution in [2.45, 2.75) is 12.6 Å². The molecule has 1 fully saturated rings. The smallest absolute Gasteiger partial charge is 0.0949 e. The van der Waals surface area contributed by atoms with Crippen molar-refractivity contribution in [3.63, 3.8) is 0 Å². The number of hydrogen-bond acceptors (Lipinski definition) is 2. The molecular weight excluding hydrogens is 329 g/mol. The molecule has 1 saturated heterocycles. The van der Waals surface area contributed by atoms with Crippen molar-refractivity contribution >= 4 is 34.1 Å². The summed E-state index contributed by atoms with van der Waals surface area (Å²) in [5.41, 5.74) is 3.90. The first-order valence-electron chi connectivity index (χ1n) is 7.65. The minimum atomic E-state index is -0.322. The van der Waals surface area contributed by atoms with Crippen molar-refractivity contribution in [1.82, 2.24) is 15.6 Å². The van der Waals surface area contributed by atoms with Crippen LogP contribution < -0.4 is 10.6 Å². The van der Waals surface area contributed by atoms with Crippen LogP contribution in [0.15, 0.2) is 42.5 Å². The van der Waals surface area contributed by atoms with E-state index in [0.717, 1.165) is 50.9 Å². The number of nitrogens with one attached hydrogen (secondary N) is 3. The number of halogens is 2. The predicted octanol–water partition coefficient (Wildman–Crippen LogP) is 4.51. The Balaban J connectivity index is 2.06. The Morgan fingerprint density at radius 2 is 1.74 bits per heavy atom. The fraction of sp³-hybridized carbons (Fsp3) is 0.222. The quantitative estimate of drug-likeness (QED) is 0.639. The van der Waals surface area contributed by atoms with Gasteiger partial charge in [0, 0.05) is 45.2 Å². The van der Waals surface area contributed by atoms with Gasteiger partial charge >= 0.3 is 0 Å². The highest BCUT2D eigenvalue weighted by Crippen LogP contribution is 2.40. The molecule has 4 rings (SSSR count). The minimum absolute atomic E-state index is 0.322. The lowest BCUT2D eigenvalue weighted by Crippen LogP contribution is -2.43. The molecule has 3 aromatic rings. The zero-order chi connectivity index (χ0) is 16.0. The van der Waals surface area contributed by atoms with Crippen LogP contribution in [0.3, 0.4) is 0 Å². The summed E-state index contributed by atoms with van der Waals surface area (Å²) in [5, 5.41) is 9.68. The van der Waals surface area contributed by atoms with E-state index in [4.69, 9.17) is 23.2 Å². The van der Waals surface area contributed by atoms with Crippen LogP contribution in [0.4, 0.5) is 0 Å². The molecule has 3 N–H and O–H groups in total. The number of hydrogen-bond donors (Lipinski definition) is 3. The molecular formula is C18H17Cl2N3. The highest BCUT2D eigenvalue weighted by atomic mass is 35.5. The van der Waals surface area contributed by atoms with Crippen molar-refractivity contribution in [2.75, 3.05) is 13.1 Å². The van der Waals surface area contributed by atoms with E-state index in [2.05, 4.69) is 22.5 Å². The van der Waals surface area contributed by atoms with E-state index in [1.165, 1.54) is 0 Å². The number of rotatable bonds is 2. The third-order valence-corrected chi connectivity index (χ3v) is 5.05. The van der Waals surface area contributed by atoms with E-state index in [1.807, 2.05) is 42.5 Å². The van der Waals surface area contributed by atoms with Crippen LogP contribution in [0.25, 0.3) is 22.2 Å². The van der Waals surface area contributed by atoms with E-state index >= 15 is 0 Å². The lowest BCUT2D eigenvalue weighted by molar-refractivity contribution is 0.390. The molecule has 0 amide bonds. The predicted molar refractivity (Wildman–Crippen MR) is 97.1 cm³/mol. The lowest BCUT2D eigenvalue weighted by atomic mass is 9.95. The summed E-state index contributed by atoms with van der Waals surface area (Å²) < 4.78 is 0. The second-order valence-electron chi connectivity index (χ2n) is 6.02. The SMILES string of the molecule is CC1(c2c(-c3ccccc3Cl)[nH]c3ccc(Cl)cc23)NCCN1. The highest BCUT2D eigenvalue weighted by molar-refractivity contribution is 6.33. The average Bonchev–Trinajstić information content (AvgIpc) is 3.12. The van der Waals surface area contributed by atoms with Crippen molar-refractivity contribution < 1.29 is 0 Å². The molecule has 2 heterocycles. The maximum Gasteiger partial charge on any atom is 0.0949 e. The van der Waals surface area contributed by atoms with Crippen LogP contribution in [0.1, 0.15) is 12.5 Å². The van der Waals surface area contributed by atoms with E-state index < -0.39 is 0 Å². The van der Waals surface area contributed by atoms with Gasteiger partial charge in [0.2, 0.25) is 0 Å². The molecule has 1 aliphatic heterocycles. The second kappa shape index (κ2) is 5.53. The fourth-order valence-corrected chi connectivity index (χ4v) is 3.82. The molecule has 23 heavy (non-hydrogen) atoms. The Kier molecular flexibility index (Phi) is 3.62. The van der Waals surface area contributed by atoms with Gasteiger partial charge in [0.05, 0.1) is 11.4 Å². The van der Waals surface area contributed by atoms with Gasteiger partial charge in [-0.25, -0.2) is 0 Å². The molecule has 3 nitrogen and oxygen atoms in total. The monoisotopic (exact) mass is 345 g/mol. The third kappa shape index (κ3) is 2.45. The summed E-state index contributed by atoms with van der Waals surface area (Å²) in [4.78, 5) is 3.53. The molecule has 118 valence electrons. The van der Waals surface area contributed by atoms with Crippen LogP contribution in [0.5, 0.6) is 0 Å². The Bertz CT molecular complexity index is 879. The first kappa shape index (κ1) is 15.0. The second-order valence-corrected chi connectivity index (χ2v) is 6.87. The highest BCUT2D eigenvalue weighted by Gasteiger charge is 2.35. The molecule has 0 unspecified atom stereocenters. The molecule has 5 heteroatoms. The van der Waals surface area contributed by atoms with E-state index in [9.17, 15) is 0 Å². The molecule has 0 aliphatic carbocycles. The molecule has 0 spiro atoms. The maximum absolute atomic E-state index is 6.45. The van der Waals surface area contributed by atoms with Crippen LogP contribution >= 0.6 is 23.2 Å². The molecule has 0 saturated carbocycles. The van der Waals surface area contributed by atoms with E-state index in [0.29, 0.717) is 0 Å². The molecule has 0 atom stereocenters. The Morgan fingerprint density at radius 1 is 1.00 bits per heavy atom. The van der Waals surface area contributed by atoms with Crippen LogP contribution in [0.2, 0.25) is 10.0 Å². The zero-order valence-electron chi connectivity index (χ0n) is 12.7. The van der Waals surface area contributed by atoms with Gasteiger partial charge in [-0.05, 0) is 31.2 Å². The summed E-state index contributed by atoms with van der Waals surface area (Å²) >= 11 is 12.7. The number of aromatic amines is 1. The average molecular weight is 346 g/mol. The largest absolute Gasteiger partial charge is 0.354 e. The van der Waals surface area contributed by atoms with Gasteiger partial charge in [-0.15, -0.1) is 0 Å². The van der Waals surface area contributed by atoms with Gasteiger partial charge in [-0.3, -0.25) is 10.6 Å². The summed E-state index contributed by atoms with van der Waals surface area (Å²) in [5.74, 6) is 0. The van der Waals surface area contributed by atoms with Gasteiger partial charge in [0.25, 0.3) is 0 Å². The first-order valence-corrected chi connectivity index (χ1v) is 8.41.